The van der Waals surface area contributed by atoms with Crippen molar-refractivity contribution in [1.29, 1.82) is 0 Å². The molecule has 0 aliphatic carbocycles. The van der Waals surface area contributed by atoms with Crippen molar-refractivity contribution in [3.8, 4) is 0 Å². The molecule has 0 aromatic heterocycles. The Morgan fingerprint density at radius 2 is 1.71 bits per heavy atom. The van der Waals surface area contributed by atoms with E-state index >= 15 is 0 Å². The normalized spacial score (nSPS) is 12.6. The van der Waals surface area contributed by atoms with E-state index in [9.17, 15) is 13.2 Å². The molecule has 0 unspecified atom stereocenters. The lowest BCUT2D eigenvalue weighted by atomic mass is 10.1. The molecule has 0 heterocycles. The quantitative estimate of drug-likeness (QED) is 0.844. The molecule has 0 fully saturated rings. The van der Waals surface area contributed by atoms with Crippen LogP contribution in [0, 0.1) is 13.8 Å². The Labute approximate surface area is 143 Å². The Bertz CT molecular complexity index is 817. The molecule has 0 bridgehead atoms. The van der Waals surface area contributed by atoms with E-state index in [0.29, 0.717) is 0 Å². The summed E-state index contributed by atoms with van der Waals surface area (Å²) in [6.45, 7) is 5.32. The van der Waals surface area contributed by atoms with Gasteiger partial charge in [0.2, 0.25) is 15.9 Å². The van der Waals surface area contributed by atoms with E-state index in [2.05, 4.69) is 10.0 Å². The van der Waals surface area contributed by atoms with Gasteiger partial charge < -0.3 is 5.32 Å². The molecule has 24 heavy (non-hydrogen) atoms. The molecule has 5 nitrogen and oxygen atoms in total. The van der Waals surface area contributed by atoms with Crippen LogP contribution in [0.15, 0.2) is 53.4 Å². The molecule has 1 atom stereocenters. The summed E-state index contributed by atoms with van der Waals surface area (Å²) in [5, 5.41) is 2.77. The molecule has 2 aromatic carbocycles. The first-order valence-electron chi connectivity index (χ1n) is 7.71. The largest absolute Gasteiger partial charge is 0.348 e. The number of carbonyl (C=O) groups is 1. The van der Waals surface area contributed by atoms with E-state index in [1.807, 2.05) is 51.1 Å². The van der Waals surface area contributed by atoms with Crippen LogP contribution in [0.1, 0.15) is 29.7 Å². The Morgan fingerprint density at radius 3 is 2.33 bits per heavy atom. The molecule has 128 valence electrons. The van der Waals surface area contributed by atoms with E-state index in [1.54, 1.807) is 12.1 Å². The molecule has 0 saturated carbocycles. The van der Waals surface area contributed by atoms with E-state index in [0.717, 1.165) is 16.7 Å². The van der Waals surface area contributed by atoms with Crippen LogP contribution < -0.4 is 10.0 Å². The number of sulfonamides is 1. The van der Waals surface area contributed by atoms with E-state index in [-0.39, 0.29) is 23.4 Å². The van der Waals surface area contributed by atoms with Crippen molar-refractivity contribution in [1.82, 2.24) is 10.0 Å². The molecule has 6 heteroatoms. The standard InChI is InChI=1S/C18H22N2O3S/c1-13-9-10-17(11-14(13)2)24(22,23)19-12-18(21)20-15(3)16-7-5-4-6-8-16/h4-11,15,19H,12H2,1-3H3,(H,20,21)/t15-/m0/s1. The van der Waals surface area contributed by atoms with Crippen molar-refractivity contribution in [3.05, 3.63) is 65.2 Å². The predicted octanol–water partition coefficient (Wildman–Crippen LogP) is 2.46. The van der Waals surface area contributed by atoms with Crippen LogP contribution in [0.5, 0.6) is 0 Å². The Balaban J connectivity index is 1.96. The van der Waals surface area contributed by atoms with Gasteiger partial charge in [0.1, 0.15) is 0 Å². The number of aryl methyl sites for hydroxylation is 2. The lowest BCUT2D eigenvalue weighted by Gasteiger charge is -2.15. The average molecular weight is 346 g/mol. The summed E-state index contributed by atoms with van der Waals surface area (Å²) in [6, 6.07) is 14.2. The average Bonchev–Trinajstić information content (AvgIpc) is 2.56. The zero-order valence-electron chi connectivity index (χ0n) is 14.0. The van der Waals surface area contributed by atoms with Crippen molar-refractivity contribution in [2.24, 2.45) is 0 Å². The van der Waals surface area contributed by atoms with Crippen LogP contribution in [-0.2, 0) is 14.8 Å². The van der Waals surface area contributed by atoms with Gasteiger partial charge in [-0.05, 0) is 49.6 Å². The minimum atomic E-state index is -3.71. The summed E-state index contributed by atoms with van der Waals surface area (Å²) in [5.74, 6) is -0.376. The molecule has 0 aliphatic heterocycles. The molecule has 0 spiro atoms. The topological polar surface area (TPSA) is 75.3 Å². The van der Waals surface area contributed by atoms with Crippen LogP contribution in [-0.4, -0.2) is 20.9 Å². The summed E-state index contributed by atoms with van der Waals surface area (Å²) in [4.78, 5) is 12.1. The number of nitrogens with one attached hydrogen (secondary N) is 2. The van der Waals surface area contributed by atoms with Crippen LogP contribution in [0.2, 0.25) is 0 Å². The summed E-state index contributed by atoms with van der Waals surface area (Å²) in [6.07, 6.45) is 0. The highest BCUT2D eigenvalue weighted by Crippen LogP contribution is 2.14. The molecule has 2 N–H and O–H groups in total. The zero-order valence-corrected chi connectivity index (χ0v) is 14.9. The second kappa shape index (κ2) is 7.59. The van der Waals surface area contributed by atoms with Crippen LogP contribution >= 0.6 is 0 Å². The monoisotopic (exact) mass is 346 g/mol. The maximum absolute atomic E-state index is 12.3. The van der Waals surface area contributed by atoms with E-state index < -0.39 is 10.0 Å². The van der Waals surface area contributed by atoms with Gasteiger partial charge in [-0.1, -0.05) is 36.4 Å². The fraction of sp³-hybridized carbons (Fsp3) is 0.278. The summed E-state index contributed by atoms with van der Waals surface area (Å²) in [7, 11) is -3.71. The molecule has 0 aliphatic rings. The molecule has 0 radical (unpaired) electrons. The van der Waals surface area contributed by atoms with Gasteiger partial charge >= 0.3 is 0 Å². The van der Waals surface area contributed by atoms with Crippen molar-refractivity contribution in [2.75, 3.05) is 6.54 Å². The molecular weight excluding hydrogens is 324 g/mol. The highest BCUT2D eigenvalue weighted by Gasteiger charge is 2.17. The van der Waals surface area contributed by atoms with Crippen molar-refractivity contribution >= 4 is 15.9 Å². The highest BCUT2D eigenvalue weighted by molar-refractivity contribution is 7.89. The van der Waals surface area contributed by atoms with Gasteiger partial charge in [-0.25, -0.2) is 13.1 Å². The first kappa shape index (κ1) is 18.2. The minimum absolute atomic E-state index is 0.162. The minimum Gasteiger partial charge on any atom is -0.348 e. The molecular formula is C18H22N2O3S. The third kappa shape index (κ3) is 4.66. The summed E-state index contributed by atoms with van der Waals surface area (Å²) < 4.78 is 26.9. The number of rotatable bonds is 6. The first-order chi connectivity index (χ1) is 11.3. The smallest absolute Gasteiger partial charge is 0.241 e. The van der Waals surface area contributed by atoms with E-state index in [4.69, 9.17) is 0 Å². The van der Waals surface area contributed by atoms with Crippen LogP contribution in [0.4, 0.5) is 0 Å². The second-order valence-corrected chi connectivity index (χ2v) is 7.54. The van der Waals surface area contributed by atoms with Crippen LogP contribution in [0.3, 0.4) is 0 Å². The fourth-order valence-electron chi connectivity index (χ4n) is 2.24. The predicted molar refractivity (Wildman–Crippen MR) is 94.1 cm³/mol. The highest BCUT2D eigenvalue weighted by atomic mass is 32.2. The van der Waals surface area contributed by atoms with Crippen molar-refractivity contribution < 1.29 is 13.2 Å². The Hall–Kier alpha value is -2.18. The van der Waals surface area contributed by atoms with Gasteiger partial charge in [-0.2, -0.15) is 0 Å². The zero-order chi connectivity index (χ0) is 17.7. The summed E-state index contributed by atoms with van der Waals surface area (Å²) in [5.41, 5.74) is 2.87. The lowest BCUT2D eigenvalue weighted by Crippen LogP contribution is -2.38. The molecule has 2 aromatic rings. The molecule has 1 amide bonds. The van der Waals surface area contributed by atoms with Gasteiger partial charge in [0.15, 0.2) is 0 Å². The van der Waals surface area contributed by atoms with Gasteiger partial charge in [0, 0.05) is 0 Å². The first-order valence-corrected chi connectivity index (χ1v) is 9.19. The van der Waals surface area contributed by atoms with Gasteiger partial charge in [-0.15, -0.1) is 0 Å². The molecule has 0 saturated heterocycles. The maximum atomic E-state index is 12.3. The summed E-state index contributed by atoms with van der Waals surface area (Å²) >= 11 is 0. The second-order valence-electron chi connectivity index (χ2n) is 5.77. The van der Waals surface area contributed by atoms with E-state index in [1.165, 1.54) is 6.07 Å². The number of hydrogen-bond acceptors (Lipinski definition) is 3. The Morgan fingerprint density at radius 1 is 1.04 bits per heavy atom. The van der Waals surface area contributed by atoms with Gasteiger partial charge in [0.05, 0.1) is 17.5 Å². The third-order valence-corrected chi connectivity index (χ3v) is 5.29. The molecule has 2 rings (SSSR count). The van der Waals surface area contributed by atoms with Crippen molar-refractivity contribution in [3.63, 3.8) is 0 Å². The SMILES string of the molecule is Cc1ccc(S(=O)(=O)NCC(=O)N[C@@H](C)c2ccccc2)cc1C. The fourth-order valence-corrected chi connectivity index (χ4v) is 3.31. The number of benzene rings is 2. The maximum Gasteiger partial charge on any atom is 0.241 e. The van der Waals surface area contributed by atoms with Crippen molar-refractivity contribution in [2.45, 2.75) is 31.7 Å². The Kier molecular flexibility index (Phi) is 5.75. The number of carbonyl (C=O) groups excluding carboxylic acids is 1. The van der Waals surface area contributed by atoms with Gasteiger partial charge in [0.25, 0.3) is 0 Å². The van der Waals surface area contributed by atoms with Crippen LogP contribution in [0.25, 0.3) is 0 Å². The van der Waals surface area contributed by atoms with Gasteiger partial charge in [-0.3, -0.25) is 4.79 Å². The number of hydrogen-bond donors (Lipinski definition) is 2. The third-order valence-electron chi connectivity index (χ3n) is 3.89. The lowest BCUT2D eigenvalue weighted by molar-refractivity contribution is -0.120. The number of amides is 1.